The summed E-state index contributed by atoms with van der Waals surface area (Å²) in [6, 6.07) is 8.34. The van der Waals surface area contributed by atoms with Crippen LogP contribution >= 0.6 is 23.1 Å². The summed E-state index contributed by atoms with van der Waals surface area (Å²) < 4.78 is 0. The molecule has 5 nitrogen and oxygen atoms in total. The number of anilines is 2. The van der Waals surface area contributed by atoms with E-state index in [1.165, 1.54) is 31.2 Å². The van der Waals surface area contributed by atoms with Crippen molar-refractivity contribution in [2.75, 3.05) is 5.32 Å². The van der Waals surface area contributed by atoms with Gasteiger partial charge in [-0.3, -0.25) is 5.10 Å². The Morgan fingerprint density at radius 2 is 2.00 bits per heavy atom. The molecule has 1 aliphatic carbocycles. The maximum Gasteiger partial charge on any atom is 0.208 e. The predicted molar refractivity (Wildman–Crippen MR) is 108 cm³/mol. The number of thioether (sulfide) groups is 1. The first-order valence-electron chi connectivity index (χ1n) is 9.07. The van der Waals surface area contributed by atoms with Crippen LogP contribution in [0.5, 0.6) is 0 Å². The van der Waals surface area contributed by atoms with Gasteiger partial charge < -0.3 is 5.32 Å². The number of aromatic amines is 1. The first-order chi connectivity index (χ1) is 12.7. The van der Waals surface area contributed by atoms with Crippen LogP contribution in [0, 0.1) is 12.8 Å². The maximum atomic E-state index is 4.65. The lowest BCUT2D eigenvalue weighted by atomic mass is 10.0. The smallest absolute Gasteiger partial charge is 0.208 e. The first kappa shape index (κ1) is 17.5. The minimum Gasteiger partial charge on any atom is -0.332 e. The van der Waals surface area contributed by atoms with Crippen LogP contribution in [0.1, 0.15) is 42.8 Å². The van der Waals surface area contributed by atoms with Crippen LogP contribution in [0.25, 0.3) is 0 Å². The molecule has 0 amide bonds. The number of nitrogens with zero attached hydrogens (tertiary/aromatic N) is 3. The molecule has 7 heteroatoms. The van der Waals surface area contributed by atoms with Crippen LogP contribution in [-0.4, -0.2) is 20.2 Å². The standard InChI is InChI=1S/C19H23N5S2/c1-13-6-8-15(9-7-13)20-18-21-16(11-25-18)12-26-19-22-17(23-24-19)10-14-4-2-3-5-14/h6-9,11,14H,2-5,10,12H2,1H3,(H,20,21)(H,22,23,24). The Morgan fingerprint density at radius 1 is 1.19 bits per heavy atom. The summed E-state index contributed by atoms with van der Waals surface area (Å²) in [5.41, 5.74) is 3.37. The van der Waals surface area contributed by atoms with Crippen molar-refractivity contribution < 1.29 is 0 Å². The van der Waals surface area contributed by atoms with Gasteiger partial charge in [0.05, 0.1) is 5.69 Å². The maximum absolute atomic E-state index is 4.65. The van der Waals surface area contributed by atoms with Crippen LogP contribution < -0.4 is 5.32 Å². The molecule has 1 fully saturated rings. The third kappa shape index (κ3) is 4.65. The fourth-order valence-electron chi connectivity index (χ4n) is 3.25. The van der Waals surface area contributed by atoms with Crippen LogP contribution in [0.4, 0.5) is 10.8 Å². The highest BCUT2D eigenvalue weighted by Crippen LogP contribution is 2.28. The lowest BCUT2D eigenvalue weighted by Crippen LogP contribution is -2.00. The molecule has 2 heterocycles. The van der Waals surface area contributed by atoms with Crippen molar-refractivity contribution in [3.05, 3.63) is 46.7 Å². The van der Waals surface area contributed by atoms with Crippen molar-refractivity contribution >= 4 is 33.9 Å². The van der Waals surface area contributed by atoms with Crippen molar-refractivity contribution in [2.45, 2.75) is 49.9 Å². The van der Waals surface area contributed by atoms with Gasteiger partial charge in [-0.25, -0.2) is 9.97 Å². The Morgan fingerprint density at radius 3 is 2.81 bits per heavy atom. The highest BCUT2D eigenvalue weighted by molar-refractivity contribution is 7.98. The molecule has 2 aromatic heterocycles. The Hall–Kier alpha value is -1.86. The number of hydrogen-bond donors (Lipinski definition) is 2. The van der Waals surface area contributed by atoms with Crippen LogP contribution in [-0.2, 0) is 12.2 Å². The quantitative estimate of drug-likeness (QED) is 0.538. The van der Waals surface area contributed by atoms with E-state index in [1.807, 2.05) is 0 Å². The van der Waals surface area contributed by atoms with Gasteiger partial charge in [0, 0.05) is 23.2 Å². The fraction of sp³-hybridized carbons (Fsp3) is 0.421. The van der Waals surface area contributed by atoms with Crippen molar-refractivity contribution in [3.63, 3.8) is 0 Å². The molecule has 0 atom stereocenters. The molecule has 0 spiro atoms. The zero-order valence-electron chi connectivity index (χ0n) is 14.9. The van der Waals surface area contributed by atoms with E-state index in [2.05, 4.69) is 62.1 Å². The van der Waals surface area contributed by atoms with E-state index in [0.717, 1.165) is 45.6 Å². The Balaban J connectivity index is 1.29. The monoisotopic (exact) mass is 385 g/mol. The number of aryl methyl sites for hydroxylation is 1. The molecule has 0 aliphatic heterocycles. The summed E-state index contributed by atoms with van der Waals surface area (Å²) in [6.45, 7) is 2.09. The number of nitrogens with one attached hydrogen (secondary N) is 2. The molecular weight excluding hydrogens is 362 g/mol. The van der Waals surface area contributed by atoms with Gasteiger partial charge in [0.1, 0.15) is 5.82 Å². The van der Waals surface area contributed by atoms with Gasteiger partial charge in [-0.15, -0.1) is 16.4 Å². The number of hydrogen-bond acceptors (Lipinski definition) is 6. The average Bonchev–Trinajstić information content (AvgIpc) is 3.38. The van der Waals surface area contributed by atoms with E-state index in [9.17, 15) is 0 Å². The third-order valence-corrected chi connectivity index (χ3v) is 6.36. The molecule has 3 aromatic rings. The summed E-state index contributed by atoms with van der Waals surface area (Å²) in [7, 11) is 0. The zero-order valence-corrected chi connectivity index (χ0v) is 16.5. The van der Waals surface area contributed by atoms with Gasteiger partial charge >= 0.3 is 0 Å². The molecule has 1 aromatic carbocycles. The van der Waals surface area contributed by atoms with Crippen LogP contribution in [0.2, 0.25) is 0 Å². The SMILES string of the molecule is Cc1ccc(Nc2nc(CSc3n[nH]c(CC4CCCC4)n3)cs2)cc1. The normalized spacial score (nSPS) is 14.8. The highest BCUT2D eigenvalue weighted by Gasteiger charge is 2.17. The van der Waals surface area contributed by atoms with Crippen molar-refractivity contribution in [2.24, 2.45) is 5.92 Å². The molecule has 136 valence electrons. The molecule has 0 unspecified atom stereocenters. The topological polar surface area (TPSA) is 66.5 Å². The highest BCUT2D eigenvalue weighted by atomic mass is 32.2. The summed E-state index contributed by atoms with van der Waals surface area (Å²) in [6.07, 6.45) is 6.43. The molecule has 4 rings (SSSR count). The van der Waals surface area contributed by atoms with E-state index in [-0.39, 0.29) is 0 Å². The van der Waals surface area contributed by atoms with Crippen molar-refractivity contribution in [3.8, 4) is 0 Å². The molecule has 26 heavy (non-hydrogen) atoms. The molecule has 0 saturated heterocycles. The molecule has 1 saturated carbocycles. The fourth-order valence-corrected chi connectivity index (χ4v) is 4.80. The molecular formula is C19H23N5S2. The molecule has 0 radical (unpaired) electrons. The number of benzene rings is 1. The average molecular weight is 386 g/mol. The minimum absolute atomic E-state index is 0.785. The lowest BCUT2D eigenvalue weighted by molar-refractivity contribution is 0.531. The van der Waals surface area contributed by atoms with Gasteiger partial charge in [-0.05, 0) is 25.0 Å². The summed E-state index contributed by atoms with van der Waals surface area (Å²) >= 11 is 3.26. The molecule has 2 N–H and O–H groups in total. The number of H-pyrrole nitrogens is 1. The number of aromatic nitrogens is 4. The lowest BCUT2D eigenvalue weighted by Gasteiger charge is -2.04. The van der Waals surface area contributed by atoms with E-state index in [0.29, 0.717) is 0 Å². The first-order valence-corrected chi connectivity index (χ1v) is 10.9. The van der Waals surface area contributed by atoms with E-state index < -0.39 is 0 Å². The predicted octanol–water partition coefficient (Wildman–Crippen LogP) is 5.34. The summed E-state index contributed by atoms with van der Waals surface area (Å²) in [5, 5.41) is 14.6. The van der Waals surface area contributed by atoms with Crippen molar-refractivity contribution in [1.82, 2.24) is 20.2 Å². The van der Waals surface area contributed by atoms with Crippen LogP contribution in [0.15, 0.2) is 34.8 Å². The summed E-state index contributed by atoms with van der Waals surface area (Å²) in [5.74, 6) is 2.60. The third-order valence-electron chi connectivity index (χ3n) is 4.67. The van der Waals surface area contributed by atoms with Gasteiger partial charge in [0.2, 0.25) is 5.16 Å². The number of rotatable bonds is 7. The van der Waals surface area contributed by atoms with Crippen LogP contribution in [0.3, 0.4) is 0 Å². The molecule has 1 aliphatic rings. The Bertz CT molecular complexity index is 834. The van der Waals surface area contributed by atoms with Gasteiger partial charge in [0.15, 0.2) is 5.13 Å². The van der Waals surface area contributed by atoms with E-state index in [4.69, 9.17) is 0 Å². The van der Waals surface area contributed by atoms with Crippen molar-refractivity contribution in [1.29, 1.82) is 0 Å². The Kier molecular flexibility index (Phi) is 5.55. The molecule has 0 bridgehead atoms. The number of thiazole rings is 1. The second kappa shape index (κ2) is 8.22. The van der Waals surface area contributed by atoms with Gasteiger partial charge in [-0.2, -0.15) is 0 Å². The van der Waals surface area contributed by atoms with E-state index >= 15 is 0 Å². The minimum atomic E-state index is 0.785. The van der Waals surface area contributed by atoms with E-state index in [1.54, 1.807) is 23.1 Å². The second-order valence-electron chi connectivity index (χ2n) is 6.84. The zero-order chi connectivity index (χ0) is 17.8. The van der Waals surface area contributed by atoms with Gasteiger partial charge in [-0.1, -0.05) is 55.1 Å². The summed E-state index contributed by atoms with van der Waals surface area (Å²) in [4.78, 5) is 9.28. The Labute approximate surface area is 162 Å². The largest absolute Gasteiger partial charge is 0.332 e. The van der Waals surface area contributed by atoms with Gasteiger partial charge in [0.25, 0.3) is 0 Å². The second-order valence-corrected chi connectivity index (χ2v) is 8.64.